The van der Waals surface area contributed by atoms with E-state index in [-0.39, 0.29) is 0 Å². The molecule has 1 saturated heterocycles. The van der Waals surface area contributed by atoms with Gasteiger partial charge in [-0.2, -0.15) is 0 Å². The second-order valence-electron chi connectivity index (χ2n) is 5.07. The molecule has 0 bridgehead atoms. The van der Waals surface area contributed by atoms with E-state index in [1.165, 1.54) is 36.8 Å². The molecule has 1 fully saturated rings. The second-order valence-corrected chi connectivity index (χ2v) is 7.83. The van der Waals surface area contributed by atoms with Crippen LogP contribution >= 0.6 is 6.72 Å². The Morgan fingerprint density at radius 3 is 1.81 bits per heavy atom. The summed E-state index contributed by atoms with van der Waals surface area (Å²) < 4.78 is 10.4. The fraction of sp³-hybridized carbons (Fsp3) is 0.733. The standard InChI is InChI=1S/C11H20N.C4H11O3PS/c1-3-8-12(9-4-2)10-6-5-7-11-12;1-3-6-8(5,9)7-4-2/h3-4H,1-2,5-11H2;3-4H2,1-2H3,(H,5,9)/q+1;/p-1. The van der Waals surface area contributed by atoms with E-state index in [4.69, 9.17) is 0 Å². The van der Waals surface area contributed by atoms with Crippen molar-refractivity contribution in [3.63, 3.8) is 0 Å². The summed E-state index contributed by atoms with van der Waals surface area (Å²) in [5, 5.41) is 0. The van der Waals surface area contributed by atoms with Crippen molar-refractivity contribution in [3.8, 4) is 0 Å². The lowest BCUT2D eigenvalue weighted by Gasteiger charge is -2.40. The molecule has 6 heteroatoms. The number of hydrogen-bond donors (Lipinski definition) is 0. The van der Waals surface area contributed by atoms with Crippen LogP contribution in [0.25, 0.3) is 0 Å². The van der Waals surface area contributed by atoms with E-state index in [1.807, 2.05) is 0 Å². The molecule has 1 aliphatic rings. The molecule has 0 aliphatic carbocycles. The van der Waals surface area contributed by atoms with Gasteiger partial charge < -0.3 is 18.4 Å². The highest BCUT2D eigenvalue weighted by atomic mass is 32.5. The predicted octanol–water partition coefficient (Wildman–Crippen LogP) is 3.00. The zero-order valence-electron chi connectivity index (χ0n) is 13.5. The Bertz CT molecular complexity index is 322. The fourth-order valence-electron chi connectivity index (χ4n) is 2.52. The third-order valence-electron chi connectivity index (χ3n) is 3.37. The molecule has 0 unspecified atom stereocenters. The first kappa shape index (κ1) is 21.0. The number of quaternary nitrogens is 1. The van der Waals surface area contributed by atoms with Crippen LogP contribution in [-0.2, 0) is 20.9 Å². The molecule has 0 spiro atoms. The van der Waals surface area contributed by atoms with Gasteiger partial charge in [0.15, 0.2) is 0 Å². The average molecular weight is 335 g/mol. The van der Waals surface area contributed by atoms with Crippen LogP contribution in [0.3, 0.4) is 0 Å². The van der Waals surface area contributed by atoms with Crippen molar-refractivity contribution >= 4 is 18.5 Å². The number of piperidine rings is 1. The average Bonchev–Trinajstić information content (AvgIpc) is 2.41. The largest absolute Gasteiger partial charge is 0.780 e. The summed E-state index contributed by atoms with van der Waals surface area (Å²) in [6.07, 6.45) is 8.27. The van der Waals surface area contributed by atoms with Crippen molar-refractivity contribution in [1.29, 1.82) is 0 Å². The maximum absolute atomic E-state index is 10.8. The van der Waals surface area contributed by atoms with Crippen molar-refractivity contribution < 1.29 is 18.4 Å². The quantitative estimate of drug-likeness (QED) is 0.388. The second kappa shape index (κ2) is 11.5. The highest BCUT2D eigenvalue weighted by molar-refractivity contribution is 8.06. The Morgan fingerprint density at radius 1 is 1.05 bits per heavy atom. The van der Waals surface area contributed by atoms with Gasteiger partial charge in [0.2, 0.25) is 0 Å². The molecule has 1 heterocycles. The molecular weight excluding hydrogens is 305 g/mol. The maximum atomic E-state index is 10.8. The lowest BCUT2D eigenvalue weighted by atomic mass is 10.1. The van der Waals surface area contributed by atoms with Crippen LogP contribution in [-0.4, -0.2) is 43.9 Å². The summed E-state index contributed by atoms with van der Waals surface area (Å²) in [7, 11) is 0. The lowest BCUT2D eigenvalue weighted by molar-refractivity contribution is -0.921. The molecule has 0 amide bonds. The Labute approximate surface area is 135 Å². The first-order valence-electron chi connectivity index (χ1n) is 7.62. The van der Waals surface area contributed by atoms with E-state index < -0.39 is 6.72 Å². The van der Waals surface area contributed by atoms with E-state index in [2.05, 4.69) is 46.2 Å². The summed E-state index contributed by atoms with van der Waals surface area (Å²) >= 11 is 4.45. The highest BCUT2D eigenvalue weighted by Gasteiger charge is 2.26. The molecule has 0 aromatic rings. The molecule has 0 saturated carbocycles. The zero-order valence-corrected chi connectivity index (χ0v) is 15.2. The number of rotatable bonds is 8. The van der Waals surface area contributed by atoms with E-state index in [0.29, 0.717) is 13.2 Å². The van der Waals surface area contributed by atoms with E-state index in [0.717, 1.165) is 13.1 Å². The van der Waals surface area contributed by atoms with Crippen molar-refractivity contribution in [2.45, 2.75) is 33.1 Å². The van der Waals surface area contributed by atoms with Gasteiger partial charge in [0.05, 0.1) is 39.4 Å². The molecule has 1 rings (SSSR count). The first-order valence-corrected chi connectivity index (χ1v) is 10.2. The van der Waals surface area contributed by atoms with Gasteiger partial charge in [-0.3, -0.25) is 0 Å². The van der Waals surface area contributed by atoms with Crippen LogP contribution in [0.5, 0.6) is 0 Å². The molecule has 0 aromatic carbocycles. The maximum Gasteiger partial charge on any atom is 0.115 e. The topological polar surface area (TPSA) is 41.5 Å². The van der Waals surface area contributed by atoms with Crippen LogP contribution < -0.4 is 4.89 Å². The summed E-state index contributed by atoms with van der Waals surface area (Å²) in [4.78, 5) is 10.8. The number of nitrogens with zero attached hydrogens (tertiary/aromatic N) is 1. The lowest BCUT2D eigenvalue weighted by Crippen LogP contribution is -2.51. The Kier molecular flexibility index (Phi) is 11.5. The van der Waals surface area contributed by atoms with Gasteiger partial charge in [0.25, 0.3) is 0 Å². The molecule has 0 radical (unpaired) electrons. The van der Waals surface area contributed by atoms with Crippen molar-refractivity contribution in [2.24, 2.45) is 0 Å². The van der Waals surface area contributed by atoms with Gasteiger partial charge in [0.1, 0.15) is 6.72 Å². The fourth-order valence-corrected chi connectivity index (χ4v) is 3.86. The third-order valence-corrected chi connectivity index (χ3v) is 5.15. The molecular formula is C15H30NO3PS. The van der Waals surface area contributed by atoms with Crippen LogP contribution in [0.4, 0.5) is 0 Å². The van der Waals surface area contributed by atoms with Crippen LogP contribution in [0.2, 0.25) is 0 Å². The molecule has 1 aliphatic heterocycles. The zero-order chi connectivity index (χ0) is 16.2. The van der Waals surface area contributed by atoms with Gasteiger partial charge in [-0.25, -0.2) is 0 Å². The molecule has 0 N–H and O–H groups in total. The Hall–Kier alpha value is -0.0300. The van der Waals surface area contributed by atoms with Gasteiger partial charge in [0, 0.05) is 0 Å². The van der Waals surface area contributed by atoms with Crippen molar-refractivity contribution in [3.05, 3.63) is 25.3 Å². The minimum absolute atomic E-state index is 0.334. The van der Waals surface area contributed by atoms with Crippen LogP contribution in [0.15, 0.2) is 25.3 Å². The molecule has 0 aromatic heterocycles. The SMILES string of the molecule is C=CC[N+]1(CC=C)CCCCC1.CCOP([O-])(=S)OCC. The Balaban J connectivity index is 0.000000400. The van der Waals surface area contributed by atoms with Crippen LogP contribution in [0, 0.1) is 0 Å². The number of hydrogen-bond acceptors (Lipinski definition) is 4. The summed E-state index contributed by atoms with van der Waals surface area (Å²) in [5.74, 6) is 0. The van der Waals surface area contributed by atoms with Gasteiger partial charge in [-0.15, -0.1) is 0 Å². The molecule has 0 atom stereocenters. The Morgan fingerprint density at radius 2 is 1.48 bits per heavy atom. The summed E-state index contributed by atoms with van der Waals surface area (Å²) in [6.45, 7) is 13.5. The van der Waals surface area contributed by atoms with E-state index in [1.54, 1.807) is 13.8 Å². The minimum atomic E-state index is -3.11. The van der Waals surface area contributed by atoms with Crippen LogP contribution in [0.1, 0.15) is 33.1 Å². The van der Waals surface area contributed by atoms with Gasteiger partial charge in [-0.1, -0.05) is 25.0 Å². The normalized spacial score (nSPS) is 17.5. The minimum Gasteiger partial charge on any atom is -0.780 e. The van der Waals surface area contributed by atoms with E-state index in [9.17, 15) is 4.89 Å². The van der Waals surface area contributed by atoms with Crippen molar-refractivity contribution in [1.82, 2.24) is 0 Å². The van der Waals surface area contributed by atoms with E-state index >= 15 is 0 Å². The van der Waals surface area contributed by atoms with Gasteiger partial charge in [-0.05, 0) is 45.3 Å². The molecule has 21 heavy (non-hydrogen) atoms. The molecule has 4 nitrogen and oxygen atoms in total. The summed E-state index contributed by atoms with van der Waals surface area (Å²) in [6, 6.07) is 0. The first-order chi connectivity index (χ1) is 9.95. The third kappa shape index (κ3) is 9.56. The smallest absolute Gasteiger partial charge is 0.115 e. The van der Waals surface area contributed by atoms with Crippen molar-refractivity contribution in [2.75, 3.05) is 39.4 Å². The monoisotopic (exact) mass is 335 g/mol. The number of likely N-dealkylation sites (tertiary alicyclic amines) is 1. The molecule has 124 valence electrons. The summed E-state index contributed by atoms with van der Waals surface area (Å²) in [5.41, 5.74) is 0. The highest BCUT2D eigenvalue weighted by Crippen LogP contribution is 2.37. The van der Waals surface area contributed by atoms with Gasteiger partial charge >= 0.3 is 0 Å². The predicted molar refractivity (Wildman–Crippen MR) is 91.5 cm³/mol.